The summed E-state index contributed by atoms with van der Waals surface area (Å²) in [6, 6.07) is 6.45. The van der Waals surface area contributed by atoms with Crippen LogP contribution in [0.5, 0.6) is 0 Å². The summed E-state index contributed by atoms with van der Waals surface area (Å²) in [6.45, 7) is 2.17. The van der Waals surface area contributed by atoms with Gasteiger partial charge in [-0.05, 0) is 42.9 Å². The quantitative estimate of drug-likeness (QED) is 0.629. The van der Waals surface area contributed by atoms with Crippen LogP contribution in [0.25, 0.3) is 0 Å². The summed E-state index contributed by atoms with van der Waals surface area (Å²) in [4.78, 5) is 12.1. The molecule has 15 heavy (non-hydrogen) atoms. The minimum absolute atomic E-state index is 0.0559. The minimum atomic E-state index is -0.0559. The predicted octanol–water partition coefficient (Wildman–Crippen LogP) is 2.93. The van der Waals surface area contributed by atoms with Crippen LogP contribution in [0.4, 0.5) is 0 Å². The largest absolute Gasteiger partial charge is 0.299 e. The molecule has 1 heteroatoms. The lowest BCUT2D eigenvalue weighted by Crippen LogP contribution is -2.45. The molecule has 1 aromatic rings. The first-order valence-electron chi connectivity index (χ1n) is 5.86. The van der Waals surface area contributed by atoms with Gasteiger partial charge in [-0.25, -0.2) is 0 Å². The molecule has 0 heterocycles. The molecule has 0 N–H and O–H groups in total. The first-order valence-corrected chi connectivity index (χ1v) is 5.86. The van der Waals surface area contributed by atoms with E-state index in [4.69, 9.17) is 0 Å². The van der Waals surface area contributed by atoms with Gasteiger partial charge in [0.1, 0.15) is 5.78 Å². The van der Waals surface area contributed by atoms with Crippen LogP contribution >= 0.6 is 0 Å². The number of benzene rings is 1. The van der Waals surface area contributed by atoms with Gasteiger partial charge in [-0.1, -0.05) is 24.6 Å². The van der Waals surface area contributed by atoms with Gasteiger partial charge in [-0.3, -0.25) is 4.79 Å². The van der Waals surface area contributed by atoms with Gasteiger partial charge in [-0.2, -0.15) is 0 Å². The van der Waals surface area contributed by atoms with Crippen molar-refractivity contribution in [1.82, 2.24) is 0 Å². The number of carbonyl (C=O) groups excluding carboxylic acids is 1. The Hall–Kier alpha value is -1.11. The third kappa shape index (κ3) is 1.06. The van der Waals surface area contributed by atoms with Crippen molar-refractivity contribution in [3.05, 3.63) is 34.9 Å². The lowest BCUT2D eigenvalue weighted by atomic mass is 9.57. The Labute approximate surface area is 90.5 Å². The van der Waals surface area contributed by atoms with Gasteiger partial charge < -0.3 is 0 Å². The topological polar surface area (TPSA) is 17.1 Å². The van der Waals surface area contributed by atoms with Gasteiger partial charge in [0.15, 0.2) is 0 Å². The first kappa shape index (κ1) is 9.14. The van der Waals surface area contributed by atoms with Crippen molar-refractivity contribution < 1.29 is 4.79 Å². The van der Waals surface area contributed by atoms with Crippen LogP contribution in [0.15, 0.2) is 18.2 Å². The second kappa shape index (κ2) is 2.94. The first-order chi connectivity index (χ1) is 7.24. The smallest absolute Gasteiger partial charge is 0.143 e. The van der Waals surface area contributed by atoms with Crippen molar-refractivity contribution in [2.75, 3.05) is 0 Å². The lowest BCUT2D eigenvalue weighted by molar-refractivity contribution is -0.128. The Morgan fingerprint density at radius 2 is 2.00 bits per heavy atom. The highest BCUT2D eigenvalue weighted by Crippen LogP contribution is 2.49. The molecule has 3 rings (SSSR count). The van der Waals surface area contributed by atoms with Gasteiger partial charge >= 0.3 is 0 Å². The molecular weight excluding hydrogens is 184 g/mol. The van der Waals surface area contributed by atoms with Crippen LogP contribution < -0.4 is 0 Å². The number of ketones is 1. The SMILES string of the molecule is Cc1cccc2c1CCC(=O)C21CCC1. The van der Waals surface area contributed by atoms with Crippen LogP contribution in [-0.4, -0.2) is 5.78 Å². The van der Waals surface area contributed by atoms with E-state index in [-0.39, 0.29) is 5.41 Å². The molecule has 1 fully saturated rings. The van der Waals surface area contributed by atoms with Gasteiger partial charge in [0.25, 0.3) is 0 Å². The summed E-state index contributed by atoms with van der Waals surface area (Å²) < 4.78 is 0. The zero-order chi connectivity index (χ0) is 10.5. The van der Waals surface area contributed by atoms with Gasteiger partial charge in [0.05, 0.1) is 5.41 Å². The highest BCUT2D eigenvalue weighted by Gasteiger charge is 2.47. The van der Waals surface area contributed by atoms with Crippen molar-refractivity contribution in [2.24, 2.45) is 0 Å². The lowest BCUT2D eigenvalue weighted by Gasteiger charge is -2.45. The zero-order valence-electron chi connectivity index (χ0n) is 9.18. The zero-order valence-corrected chi connectivity index (χ0v) is 9.18. The fourth-order valence-corrected chi connectivity index (χ4v) is 3.19. The summed E-state index contributed by atoms with van der Waals surface area (Å²) >= 11 is 0. The molecule has 0 bridgehead atoms. The van der Waals surface area contributed by atoms with Crippen LogP contribution in [0.2, 0.25) is 0 Å². The van der Waals surface area contributed by atoms with Crippen molar-refractivity contribution in [3.63, 3.8) is 0 Å². The highest BCUT2D eigenvalue weighted by molar-refractivity contribution is 5.93. The maximum absolute atomic E-state index is 12.1. The molecule has 0 atom stereocenters. The minimum Gasteiger partial charge on any atom is -0.299 e. The number of hydrogen-bond acceptors (Lipinski definition) is 1. The Morgan fingerprint density at radius 1 is 1.20 bits per heavy atom. The fourth-order valence-electron chi connectivity index (χ4n) is 3.19. The van der Waals surface area contributed by atoms with E-state index in [9.17, 15) is 4.79 Å². The molecule has 1 nitrogen and oxygen atoms in total. The van der Waals surface area contributed by atoms with E-state index in [1.165, 1.54) is 23.1 Å². The van der Waals surface area contributed by atoms with Crippen molar-refractivity contribution >= 4 is 5.78 Å². The molecule has 1 spiro atoms. The average Bonchev–Trinajstić information content (AvgIpc) is 2.15. The van der Waals surface area contributed by atoms with E-state index in [2.05, 4.69) is 25.1 Å². The van der Waals surface area contributed by atoms with Gasteiger partial charge in [-0.15, -0.1) is 0 Å². The monoisotopic (exact) mass is 200 g/mol. The van der Waals surface area contributed by atoms with Crippen molar-refractivity contribution in [1.29, 1.82) is 0 Å². The molecule has 0 radical (unpaired) electrons. The van der Waals surface area contributed by atoms with Crippen molar-refractivity contribution in [2.45, 2.75) is 44.4 Å². The van der Waals surface area contributed by atoms with E-state index < -0.39 is 0 Å². The number of fused-ring (bicyclic) bond motifs is 2. The molecule has 0 aliphatic heterocycles. The van der Waals surface area contributed by atoms with E-state index in [1.807, 2.05) is 0 Å². The van der Waals surface area contributed by atoms with Crippen molar-refractivity contribution in [3.8, 4) is 0 Å². The van der Waals surface area contributed by atoms with Crippen LogP contribution in [0, 0.1) is 6.92 Å². The van der Waals surface area contributed by atoms with E-state index in [1.54, 1.807) is 0 Å². The second-order valence-electron chi connectivity index (χ2n) is 4.96. The fraction of sp³-hybridized carbons (Fsp3) is 0.500. The number of carbonyl (C=O) groups is 1. The molecule has 0 saturated heterocycles. The molecule has 1 saturated carbocycles. The maximum atomic E-state index is 12.1. The molecule has 0 amide bonds. The van der Waals surface area contributed by atoms with Crippen LogP contribution in [-0.2, 0) is 16.6 Å². The summed E-state index contributed by atoms with van der Waals surface area (Å²) in [5, 5.41) is 0. The highest BCUT2D eigenvalue weighted by atomic mass is 16.1. The van der Waals surface area contributed by atoms with E-state index in [0.717, 1.165) is 25.7 Å². The van der Waals surface area contributed by atoms with Crippen LogP contribution in [0.1, 0.15) is 42.4 Å². The molecule has 78 valence electrons. The maximum Gasteiger partial charge on any atom is 0.143 e. The normalized spacial score (nSPS) is 22.3. The molecule has 2 aliphatic rings. The molecule has 0 aromatic heterocycles. The third-order valence-corrected chi connectivity index (χ3v) is 4.27. The third-order valence-electron chi connectivity index (χ3n) is 4.27. The number of aryl methyl sites for hydroxylation is 1. The van der Waals surface area contributed by atoms with Crippen LogP contribution in [0.3, 0.4) is 0 Å². The molecule has 0 unspecified atom stereocenters. The summed E-state index contributed by atoms with van der Waals surface area (Å²) in [5.41, 5.74) is 4.12. The van der Waals surface area contributed by atoms with E-state index >= 15 is 0 Å². The average molecular weight is 200 g/mol. The Balaban J connectivity index is 2.20. The van der Waals surface area contributed by atoms with Gasteiger partial charge in [0.2, 0.25) is 0 Å². The Bertz CT molecular complexity index is 427. The summed E-state index contributed by atoms with van der Waals surface area (Å²) in [5.74, 6) is 0.492. The summed E-state index contributed by atoms with van der Waals surface area (Å²) in [7, 11) is 0. The second-order valence-corrected chi connectivity index (χ2v) is 4.96. The summed E-state index contributed by atoms with van der Waals surface area (Å²) in [6.07, 6.45) is 5.12. The number of rotatable bonds is 0. The number of hydrogen-bond donors (Lipinski definition) is 0. The Kier molecular flexibility index (Phi) is 1.79. The van der Waals surface area contributed by atoms with E-state index in [0.29, 0.717) is 5.78 Å². The molecule has 2 aliphatic carbocycles. The number of Topliss-reactive ketones (excluding diaryl/α,β-unsaturated/α-hetero) is 1. The molecule has 1 aromatic carbocycles. The molecular formula is C14H16O. The van der Waals surface area contributed by atoms with Gasteiger partial charge in [0, 0.05) is 6.42 Å². The predicted molar refractivity (Wildman–Crippen MR) is 60.0 cm³/mol. The Morgan fingerprint density at radius 3 is 2.67 bits per heavy atom. The standard InChI is InChI=1S/C14H16O/c1-10-4-2-5-12-11(10)6-7-13(15)14(12)8-3-9-14/h2,4-5H,3,6-9H2,1H3.